The summed E-state index contributed by atoms with van der Waals surface area (Å²) < 4.78 is 54.8. The van der Waals surface area contributed by atoms with Crippen LogP contribution < -0.4 is 0 Å². The van der Waals surface area contributed by atoms with Gasteiger partial charge in [-0.2, -0.15) is 8.61 Å². The summed E-state index contributed by atoms with van der Waals surface area (Å²) in [6, 6.07) is 10.7. The standard InChI is InChI=1S/C21H24N2O4S3/c24-29(25,22-9-1-2-10-22)18-7-5-16-13-17-6-8-19(15-21(17)28-20(16)14-18)30(26,27)23-11-3-4-12-23/h5-8,14-15H,1-4,9-13H2. The Morgan fingerprint density at radius 1 is 0.633 bits per heavy atom. The molecular formula is C21H24N2O4S3. The fourth-order valence-electron chi connectivity index (χ4n) is 4.35. The minimum Gasteiger partial charge on any atom is -0.207 e. The molecule has 0 bridgehead atoms. The van der Waals surface area contributed by atoms with Crippen LogP contribution in [0.25, 0.3) is 0 Å². The van der Waals surface area contributed by atoms with E-state index >= 15 is 0 Å². The molecule has 2 aromatic carbocycles. The first kappa shape index (κ1) is 20.5. The molecule has 0 aliphatic carbocycles. The largest absolute Gasteiger partial charge is 0.243 e. The van der Waals surface area contributed by atoms with E-state index in [-0.39, 0.29) is 0 Å². The molecule has 0 radical (unpaired) electrons. The molecule has 2 saturated heterocycles. The Labute approximate surface area is 182 Å². The Morgan fingerprint density at radius 3 is 1.43 bits per heavy atom. The fourth-order valence-corrected chi connectivity index (χ4v) is 8.74. The zero-order valence-electron chi connectivity index (χ0n) is 16.6. The molecule has 0 aromatic heterocycles. The predicted molar refractivity (Wildman–Crippen MR) is 116 cm³/mol. The van der Waals surface area contributed by atoms with Crippen LogP contribution in [-0.2, 0) is 26.5 Å². The van der Waals surface area contributed by atoms with Gasteiger partial charge in [0.2, 0.25) is 20.0 Å². The summed E-state index contributed by atoms with van der Waals surface area (Å²) in [6.07, 6.45) is 4.29. The molecule has 0 N–H and O–H groups in total. The first-order chi connectivity index (χ1) is 14.4. The molecule has 30 heavy (non-hydrogen) atoms. The lowest BCUT2D eigenvalue weighted by atomic mass is 10.0. The third-order valence-electron chi connectivity index (χ3n) is 6.08. The van der Waals surface area contributed by atoms with Crippen LogP contribution in [0, 0.1) is 0 Å². The molecule has 5 rings (SSSR count). The van der Waals surface area contributed by atoms with Gasteiger partial charge in [-0.15, -0.1) is 0 Å². The van der Waals surface area contributed by atoms with Gasteiger partial charge in [-0.3, -0.25) is 0 Å². The van der Waals surface area contributed by atoms with Gasteiger partial charge in [-0.1, -0.05) is 23.9 Å². The SMILES string of the molecule is O=S(=O)(c1ccc2c(c1)Sc1cc(S(=O)(=O)N3CCCC3)ccc1C2)N1CCCC1. The maximum Gasteiger partial charge on any atom is 0.243 e. The van der Waals surface area contributed by atoms with Crippen molar-refractivity contribution < 1.29 is 16.8 Å². The molecule has 2 aromatic rings. The third-order valence-corrected chi connectivity index (χ3v) is 11.1. The lowest BCUT2D eigenvalue weighted by Gasteiger charge is -2.22. The van der Waals surface area contributed by atoms with Crippen LogP contribution in [0.3, 0.4) is 0 Å². The van der Waals surface area contributed by atoms with Crippen molar-refractivity contribution in [1.82, 2.24) is 8.61 Å². The van der Waals surface area contributed by atoms with Gasteiger partial charge in [0.05, 0.1) is 9.79 Å². The van der Waals surface area contributed by atoms with E-state index in [9.17, 15) is 16.8 Å². The smallest absolute Gasteiger partial charge is 0.207 e. The van der Waals surface area contributed by atoms with E-state index in [2.05, 4.69) is 0 Å². The van der Waals surface area contributed by atoms with Crippen LogP contribution in [-0.4, -0.2) is 51.6 Å². The van der Waals surface area contributed by atoms with E-state index in [1.807, 2.05) is 12.1 Å². The Morgan fingerprint density at radius 2 is 1.03 bits per heavy atom. The number of fused-ring (bicyclic) bond motifs is 2. The average Bonchev–Trinajstić information content (AvgIpc) is 3.46. The zero-order valence-corrected chi connectivity index (χ0v) is 19.0. The van der Waals surface area contributed by atoms with Gasteiger partial charge in [0.25, 0.3) is 0 Å². The molecule has 2 fully saturated rings. The average molecular weight is 465 g/mol. The number of rotatable bonds is 4. The summed E-state index contributed by atoms with van der Waals surface area (Å²) in [4.78, 5) is 2.41. The van der Waals surface area contributed by atoms with Crippen molar-refractivity contribution in [3.63, 3.8) is 0 Å². The van der Waals surface area contributed by atoms with Crippen molar-refractivity contribution in [3.8, 4) is 0 Å². The van der Waals surface area contributed by atoms with E-state index in [0.29, 0.717) is 42.4 Å². The Kier molecular flexibility index (Phi) is 5.22. The maximum atomic E-state index is 12.9. The molecule has 0 unspecified atom stereocenters. The highest BCUT2D eigenvalue weighted by Gasteiger charge is 2.30. The first-order valence-corrected chi connectivity index (χ1v) is 14.0. The molecule has 3 aliphatic rings. The second-order valence-electron chi connectivity index (χ2n) is 8.04. The van der Waals surface area contributed by atoms with E-state index in [1.54, 1.807) is 32.9 Å². The molecule has 0 spiro atoms. The first-order valence-electron chi connectivity index (χ1n) is 10.3. The summed E-state index contributed by atoms with van der Waals surface area (Å²) in [5, 5.41) is 0. The second-order valence-corrected chi connectivity index (χ2v) is 13.0. The molecule has 9 heteroatoms. The zero-order chi connectivity index (χ0) is 20.9. The summed E-state index contributed by atoms with van der Waals surface area (Å²) in [5.41, 5.74) is 2.14. The summed E-state index contributed by atoms with van der Waals surface area (Å²) in [7, 11) is -6.95. The second kappa shape index (κ2) is 7.63. The Bertz CT molecular complexity index is 1100. The van der Waals surface area contributed by atoms with Crippen molar-refractivity contribution in [2.75, 3.05) is 26.2 Å². The van der Waals surface area contributed by atoms with Crippen LogP contribution in [0.5, 0.6) is 0 Å². The van der Waals surface area contributed by atoms with E-state index in [1.165, 1.54) is 11.8 Å². The molecule has 0 saturated carbocycles. The summed E-state index contributed by atoms with van der Waals surface area (Å²) in [6.45, 7) is 2.31. The fraction of sp³-hybridized carbons (Fsp3) is 0.429. The van der Waals surface area contributed by atoms with Crippen LogP contribution in [0.1, 0.15) is 36.8 Å². The highest BCUT2D eigenvalue weighted by Crippen LogP contribution is 2.42. The van der Waals surface area contributed by atoms with Gasteiger partial charge < -0.3 is 0 Å². The van der Waals surface area contributed by atoms with Crippen LogP contribution in [0.15, 0.2) is 56.0 Å². The summed E-state index contributed by atoms with van der Waals surface area (Å²) in [5.74, 6) is 0. The lowest BCUT2D eigenvalue weighted by molar-refractivity contribution is 0.476. The normalized spacial score (nSPS) is 20.3. The van der Waals surface area contributed by atoms with Gasteiger partial charge in [0, 0.05) is 36.0 Å². The van der Waals surface area contributed by atoms with Gasteiger partial charge in [-0.05, 0) is 67.5 Å². The van der Waals surface area contributed by atoms with Crippen molar-refractivity contribution in [1.29, 1.82) is 0 Å². The highest BCUT2D eigenvalue weighted by atomic mass is 32.2. The number of nitrogens with zero attached hydrogens (tertiary/aromatic N) is 2. The van der Waals surface area contributed by atoms with E-state index in [0.717, 1.165) is 46.6 Å². The van der Waals surface area contributed by atoms with Crippen molar-refractivity contribution in [3.05, 3.63) is 47.5 Å². The molecule has 3 aliphatic heterocycles. The summed E-state index contributed by atoms with van der Waals surface area (Å²) >= 11 is 1.46. The van der Waals surface area contributed by atoms with Crippen molar-refractivity contribution >= 4 is 31.8 Å². The van der Waals surface area contributed by atoms with Crippen LogP contribution in [0.2, 0.25) is 0 Å². The highest BCUT2D eigenvalue weighted by molar-refractivity contribution is 7.99. The van der Waals surface area contributed by atoms with Crippen molar-refractivity contribution in [2.24, 2.45) is 0 Å². The monoisotopic (exact) mass is 464 g/mol. The van der Waals surface area contributed by atoms with E-state index < -0.39 is 20.0 Å². The molecular weight excluding hydrogens is 440 g/mol. The van der Waals surface area contributed by atoms with Crippen LogP contribution in [0.4, 0.5) is 0 Å². The lowest BCUT2D eigenvalue weighted by Crippen LogP contribution is -2.28. The molecule has 160 valence electrons. The molecule has 0 atom stereocenters. The quantitative estimate of drug-likeness (QED) is 0.592. The molecule has 0 amide bonds. The predicted octanol–water partition coefficient (Wildman–Crippen LogP) is 3.31. The van der Waals surface area contributed by atoms with E-state index in [4.69, 9.17) is 0 Å². The van der Waals surface area contributed by atoms with Gasteiger partial charge in [-0.25, -0.2) is 16.8 Å². The minimum atomic E-state index is -3.47. The maximum absolute atomic E-state index is 12.9. The Balaban J connectivity index is 1.47. The Hall–Kier alpha value is -1.39. The van der Waals surface area contributed by atoms with Gasteiger partial charge in [0.1, 0.15) is 0 Å². The molecule has 6 nitrogen and oxygen atoms in total. The number of sulfonamides is 2. The molecule has 3 heterocycles. The number of hydrogen-bond acceptors (Lipinski definition) is 5. The number of hydrogen-bond donors (Lipinski definition) is 0. The minimum absolute atomic E-state index is 0.319. The van der Waals surface area contributed by atoms with Crippen LogP contribution >= 0.6 is 11.8 Å². The van der Waals surface area contributed by atoms with Gasteiger partial charge in [0.15, 0.2) is 0 Å². The number of benzene rings is 2. The topological polar surface area (TPSA) is 74.8 Å². The third kappa shape index (κ3) is 3.50. The van der Waals surface area contributed by atoms with Crippen molar-refractivity contribution in [2.45, 2.75) is 51.7 Å². The van der Waals surface area contributed by atoms with Gasteiger partial charge >= 0.3 is 0 Å².